The first-order valence-electron chi connectivity index (χ1n) is 4.74. The first kappa shape index (κ1) is 10.6. The maximum atomic E-state index is 10.3. The second-order valence-electron chi connectivity index (χ2n) is 3.25. The summed E-state index contributed by atoms with van der Waals surface area (Å²) in [5.74, 6) is 0. The molecule has 0 spiro atoms. The van der Waals surface area contributed by atoms with E-state index >= 15 is 0 Å². The van der Waals surface area contributed by atoms with Gasteiger partial charge in [0, 0.05) is 11.4 Å². The van der Waals surface area contributed by atoms with E-state index in [0.717, 1.165) is 11.4 Å². The minimum atomic E-state index is 0.250. The molecule has 0 fully saturated rings. The smallest absolute Gasteiger partial charge is 0.126 e. The SMILES string of the molecule is O=Nc1ccc(Nc2ccccc2)cc1Cl. The van der Waals surface area contributed by atoms with Gasteiger partial charge < -0.3 is 5.32 Å². The topological polar surface area (TPSA) is 41.5 Å². The molecule has 2 aromatic carbocycles. The van der Waals surface area contributed by atoms with Gasteiger partial charge in [0.15, 0.2) is 0 Å². The van der Waals surface area contributed by atoms with Crippen LogP contribution in [0, 0.1) is 4.91 Å². The van der Waals surface area contributed by atoms with Crippen molar-refractivity contribution in [2.45, 2.75) is 0 Å². The highest BCUT2D eigenvalue weighted by Crippen LogP contribution is 2.28. The van der Waals surface area contributed by atoms with Gasteiger partial charge in [-0.05, 0) is 35.5 Å². The standard InChI is InChI=1S/C12H9ClN2O/c13-11-8-10(6-7-12(11)15-16)14-9-4-2-1-3-5-9/h1-8,14H. The molecule has 0 atom stereocenters. The summed E-state index contributed by atoms with van der Waals surface area (Å²) in [6.07, 6.45) is 0. The molecular weight excluding hydrogens is 224 g/mol. The van der Waals surface area contributed by atoms with E-state index in [1.165, 1.54) is 0 Å². The molecule has 0 amide bonds. The fourth-order valence-electron chi connectivity index (χ4n) is 1.35. The number of hydrogen-bond donors (Lipinski definition) is 1. The van der Waals surface area contributed by atoms with Crippen molar-refractivity contribution < 1.29 is 0 Å². The van der Waals surface area contributed by atoms with Gasteiger partial charge in [-0.25, -0.2) is 0 Å². The molecule has 2 rings (SSSR count). The van der Waals surface area contributed by atoms with Gasteiger partial charge in [0.2, 0.25) is 0 Å². The fraction of sp³-hybridized carbons (Fsp3) is 0. The minimum Gasteiger partial charge on any atom is -0.355 e. The highest BCUT2D eigenvalue weighted by molar-refractivity contribution is 6.33. The number of nitrogens with one attached hydrogen (secondary N) is 1. The van der Waals surface area contributed by atoms with Gasteiger partial charge in [-0.2, -0.15) is 0 Å². The van der Waals surface area contributed by atoms with Gasteiger partial charge in [-0.3, -0.25) is 0 Å². The number of anilines is 2. The Morgan fingerprint density at radius 2 is 1.75 bits per heavy atom. The Morgan fingerprint density at radius 1 is 1.00 bits per heavy atom. The molecule has 0 radical (unpaired) electrons. The van der Waals surface area contributed by atoms with Gasteiger partial charge in [-0.1, -0.05) is 29.8 Å². The van der Waals surface area contributed by atoms with Crippen molar-refractivity contribution in [3.8, 4) is 0 Å². The lowest BCUT2D eigenvalue weighted by Gasteiger charge is -2.06. The van der Waals surface area contributed by atoms with Crippen LogP contribution in [0.2, 0.25) is 5.02 Å². The normalized spacial score (nSPS) is 9.81. The number of rotatable bonds is 3. The third-order valence-corrected chi connectivity index (χ3v) is 2.41. The van der Waals surface area contributed by atoms with Crippen LogP contribution in [0.4, 0.5) is 17.1 Å². The Kier molecular flexibility index (Phi) is 3.17. The summed E-state index contributed by atoms with van der Waals surface area (Å²) in [4.78, 5) is 10.3. The first-order chi connectivity index (χ1) is 7.79. The van der Waals surface area contributed by atoms with Crippen molar-refractivity contribution in [1.29, 1.82) is 0 Å². The van der Waals surface area contributed by atoms with Crippen molar-refractivity contribution in [3.05, 3.63) is 58.5 Å². The van der Waals surface area contributed by atoms with E-state index in [4.69, 9.17) is 11.6 Å². The third-order valence-electron chi connectivity index (χ3n) is 2.11. The van der Waals surface area contributed by atoms with Crippen molar-refractivity contribution >= 4 is 28.7 Å². The largest absolute Gasteiger partial charge is 0.355 e. The van der Waals surface area contributed by atoms with Gasteiger partial charge in [0.1, 0.15) is 5.69 Å². The molecule has 1 N–H and O–H groups in total. The van der Waals surface area contributed by atoms with E-state index in [2.05, 4.69) is 10.5 Å². The number of para-hydroxylation sites is 1. The van der Waals surface area contributed by atoms with Crippen molar-refractivity contribution in [2.24, 2.45) is 5.18 Å². The fourth-order valence-corrected chi connectivity index (χ4v) is 1.56. The van der Waals surface area contributed by atoms with Gasteiger partial charge in [0.05, 0.1) is 5.02 Å². The molecule has 0 aromatic heterocycles. The van der Waals surface area contributed by atoms with Crippen molar-refractivity contribution in [1.82, 2.24) is 0 Å². The molecule has 2 aromatic rings. The van der Waals surface area contributed by atoms with Gasteiger partial charge >= 0.3 is 0 Å². The molecule has 0 aliphatic heterocycles. The van der Waals surface area contributed by atoms with Crippen molar-refractivity contribution in [3.63, 3.8) is 0 Å². The summed E-state index contributed by atoms with van der Waals surface area (Å²) in [6.45, 7) is 0. The van der Waals surface area contributed by atoms with Crippen LogP contribution in [0.5, 0.6) is 0 Å². The van der Waals surface area contributed by atoms with Crippen LogP contribution in [0.25, 0.3) is 0 Å². The summed E-state index contributed by atoms with van der Waals surface area (Å²) in [6, 6.07) is 14.7. The van der Waals surface area contributed by atoms with Crippen LogP contribution < -0.4 is 5.32 Å². The summed E-state index contributed by atoms with van der Waals surface area (Å²) >= 11 is 5.86. The highest BCUT2D eigenvalue weighted by atomic mass is 35.5. The summed E-state index contributed by atoms with van der Waals surface area (Å²) in [5, 5.41) is 6.32. The Balaban J connectivity index is 2.23. The first-order valence-corrected chi connectivity index (χ1v) is 5.12. The molecule has 16 heavy (non-hydrogen) atoms. The number of nitroso groups, excluding NO2 is 1. The molecule has 3 nitrogen and oxygen atoms in total. The number of nitrogens with zero attached hydrogens (tertiary/aromatic N) is 1. The van der Waals surface area contributed by atoms with Gasteiger partial charge in [-0.15, -0.1) is 4.91 Å². The zero-order valence-corrected chi connectivity index (χ0v) is 9.11. The zero-order chi connectivity index (χ0) is 11.4. The second-order valence-corrected chi connectivity index (χ2v) is 3.66. The van der Waals surface area contributed by atoms with E-state index in [-0.39, 0.29) is 5.69 Å². The Hall–Kier alpha value is -1.87. The molecule has 0 heterocycles. The van der Waals surface area contributed by atoms with Crippen LogP contribution >= 0.6 is 11.6 Å². The van der Waals surface area contributed by atoms with Crippen LogP contribution in [0.1, 0.15) is 0 Å². The molecule has 0 saturated carbocycles. The lowest BCUT2D eigenvalue weighted by molar-refractivity contribution is 1.48. The summed E-state index contributed by atoms with van der Waals surface area (Å²) in [7, 11) is 0. The Morgan fingerprint density at radius 3 is 2.38 bits per heavy atom. The van der Waals surface area contributed by atoms with Crippen LogP contribution in [0.15, 0.2) is 53.7 Å². The number of hydrogen-bond acceptors (Lipinski definition) is 3. The van der Waals surface area contributed by atoms with Crippen LogP contribution in [-0.2, 0) is 0 Å². The summed E-state index contributed by atoms with van der Waals surface area (Å²) < 4.78 is 0. The molecule has 80 valence electrons. The molecule has 0 bridgehead atoms. The average Bonchev–Trinajstić information content (AvgIpc) is 2.31. The Labute approximate surface area is 98.0 Å². The average molecular weight is 233 g/mol. The molecule has 0 saturated heterocycles. The van der Waals surface area contributed by atoms with Crippen LogP contribution in [0.3, 0.4) is 0 Å². The van der Waals surface area contributed by atoms with E-state index in [9.17, 15) is 4.91 Å². The zero-order valence-electron chi connectivity index (χ0n) is 8.35. The molecule has 0 aliphatic carbocycles. The predicted molar refractivity (Wildman–Crippen MR) is 66.6 cm³/mol. The van der Waals surface area contributed by atoms with E-state index in [1.807, 2.05) is 30.3 Å². The molecule has 4 heteroatoms. The highest BCUT2D eigenvalue weighted by Gasteiger charge is 2.01. The maximum absolute atomic E-state index is 10.3. The lowest BCUT2D eigenvalue weighted by Crippen LogP contribution is -1.88. The monoisotopic (exact) mass is 232 g/mol. The van der Waals surface area contributed by atoms with E-state index in [1.54, 1.807) is 18.2 Å². The predicted octanol–water partition coefficient (Wildman–Crippen LogP) is 4.48. The lowest BCUT2D eigenvalue weighted by atomic mass is 10.2. The van der Waals surface area contributed by atoms with Crippen LogP contribution in [-0.4, -0.2) is 0 Å². The second kappa shape index (κ2) is 4.77. The van der Waals surface area contributed by atoms with E-state index in [0.29, 0.717) is 5.02 Å². The number of halogens is 1. The third kappa shape index (κ3) is 2.38. The molecule has 0 unspecified atom stereocenters. The van der Waals surface area contributed by atoms with E-state index < -0.39 is 0 Å². The minimum absolute atomic E-state index is 0.250. The van der Waals surface area contributed by atoms with Gasteiger partial charge in [0.25, 0.3) is 0 Å². The molecular formula is C12H9ClN2O. The Bertz CT molecular complexity index is 500. The number of benzene rings is 2. The quantitative estimate of drug-likeness (QED) is 0.793. The molecule has 0 aliphatic rings. The maximum Gasteiger partial charge on any atom is 0.126 e. The van der Waals surface area contributed by atoms with Crippen molar-refractivity contribution in [2.75, 3.05) is 5.32 Å². The summed E-state index contributed by atoms with van der Waals surface area (Å²) in [5.41, 5.74) is 2.04.